The first kappa shape index (κ1) is 14.9. The molecule has 0 aliphatic carbocycles. The molecule has 0 unspecified atom stereocenters. The summed E-state index contributed by atoms with van der Waals surface area (Å²) in [5, 5.41) is 14.7. The zero-order valence-electron chi connectivity index (χ0n) is 11.3. The van der Waals surface area contributed by atoms with E-state index in [0.717, 1.165) is 5.56 Å². The minimum atomic E-state index is -0.546. The Kier molecular flexibility index (Phi) is 4.51. The summed E-state index contributed by atoms with van der Waals surface area (Å²) in [7, 11) is 1.64. The van der Waals surface area contributed by atoms with E-state index < -0.39 is 4.92 Å². The third-order valence-corrected chi connectivity index (χ3v) is 3.68. The van der Waals surface area contributed by atoms with Crippen molar-refractivity contribution in [3.8, 4) is 0 Å². The first-order chi connectivity index (χ1) is 10.0. The molecule has 1 amide bonds. The summed E-state index contributed by atoms with van der Waals surface area (Å²) >= 11 is 1.54. The van der Waals surface area contributed by atoms with Gasteiger partial charge >= 0.3 is 0 Å². The zero-order chi connectivity index (χ0) is 15.4. The molecule has 1 aromatic heterocycles. The third kappa shape index (κ3) is 3.36. The summed E-state index contributed by atoms with van der Waals surface area (Å²) in [5.41, 5.74) is 3.76. The van der Waals surface area contributed by atoms with E-state index in [4.69, 9.17) is 5.84 Å². The van der Waals surface area contributed by atoms with Gasteiger partial charge in [0.05, 0.1) is 16.2 Å². The summed E-state index contributed by atoms with van der Waals surface area (Å²) < 4.78 is 0. The van der Waals surface area contributed by atoms with Gasteiger partial charge in [-0.1, -0.05) is 0 Å². The minimum Gasteiger partial charge on any atom is -0.337 e. The van der Waals surface area contributed by atoms with Gasteiger partial charge in [-0.05, 0) is 28.5 Å². The number of nitrogen functional groups attached to an aromatic ring is 1. The number of amides is 1. The van der Waals surface area contributed by atoms with Gasteiger partial charge < -0.3 is 10.3 Å². The number of hydrogen-bond donors (Lipinski definition) is 2. The molecular formula is C13H14N4O3S. The molecular weight excluding hydrogens is 292 g/mol. The number of nitro groups is 1. The molecule has 0 fully saturated rings. The average Bonchev–Trinajstić information content (AvgIpc) is 2.98. The molecule has 3 N–H and O–H groups in total. The number of rotatable bonds is 5. The molecule has 0 saturated heterocycles. The maximum absolute atomic E-state index is 12.4. The van der Waals surface area contributed by atoms with Gasteiger partial charge in [0.15, 0.2) is 0 Å². The molecule has 0 spiro atoms. The first-order valence-corrected chi connectivity index (χ1v) is 6.99. The number of nitrogens with two attached hydrogens (primary N) is 1. The van der Waals surface area contributed by atoms with Gasteiger partial charge in [0.1, 0.15) is 0 Å². The van der Waals surface area contributed by atoms with Gasteiger partial charge in [0, 0.05) is 25.7 Å². The van der Waals surface area contributed by atoms with Crippen LogP contribution in [0, 0.1) is 10.1 Å². The van der Waals surface area contributed by atoms with Crippen LogP contribution in [-0.4, -0.2) is 22.8 Å². The standard InChI is InChI=1S/C13H14N4O3S/c1-16(7-9-4-5-21-8-9)13(18)11-6-10(17(19)20)2-3-12(11)15-14/h2-6,8,15H,7,14H2,1H3. The quantitative estimate of drug-likeness (QED) is 0.501. The van der Waals surface area contributed by atoms with E-state index >= 15 is 0 Å². The highest BCUT2D eigenvalue weighted by atomic mass is 32.1. The Morgan fingerprint density at radius 1 is 1.48 bits per heavy atom. The van der Waals surface area contributed by atoms with Gasteiger partial charge in [-0.25, -0.2) is 0 Å². The molecule has 1 heterocycles. The van der Waals surface area contributed by atoms with Crippen molar-refractivity contribution in [3.05, 3.63) is 56.3 Å². The Morgan fingerprint density at radius 2 is 2.24 bits per heavy atom. The van der Waals surface area contributed by atoms with Crippen LogP contribution in [0.2, 0.25) is 0 Å². The predicted octanol–water partition coefficient (Wildman–Crippen LogP) is 2.21. The van der Waals surface area contributed by atoms with Crippen molar-refractivity contribution in [2.75, 3.05) is 12.5 Å². The normalized spacial score (nSPS) is 10.2. The number of hydrazine groups is 1. The van der Waals surface area contributed by atoms with E-state index in [2.05, 4.69) is 5.43 Å². The second-order valence-corrected chi connectivity index (χ2v) is 5.20. The largest absolute Gasteiger partial charge is 0.337 e. The SMILES string of the molecule is CN(Cc1ccsc1)C(=O)c1cc([N+](=O)[O-])ccc1NN. The predicted molar refractivity (Wildman–Crippen MR) is 81.0 cm³/mol. The van der Waals surface area contributed by atoms with Gasteiger partial charge in [-0.3, -0.25) is 20.8 Å². The lowest BCUT2D eigenvalue weighted by Gasteiger charge is -2.18. The van der Waals surface area contributed by atoms with Crippen molar-refractivity contribution in [2.45, 2.75) is 6.54 Å². The Hall–Kier alpha value is -2.45. The van der Waals surface area contributed by atoms with Crippen molar-refractivity contribution in [3.63, 3.8) is 0 Å². The fourth-order valence-electron chi connectivity index (χ4n) is 1.88. The van der Waals surface area contributed by atoms with E-state index in [0.29, 0.717) is 12.2 Å². The monoisotopic (exact) mass is 306 g/mol. The molecule has 0 radical (unpaired) electrons. The van der Waals surface area contributed by atoms with Crippen molar-refractivity contribution in [1.82, 2.24) is 4.90 Å². The molecule has 21 heavy (non-hydrogen) atoms. The fourth-order valence-corrected chi connectivity index (χ4v) is 2.54. The average molecular weight is 306 g/mol. The molecule has 110 valence electrons. The second-order valence-electron chi connectivity index (χ2n) is 4.42. The van der Waals surface area contributed by atoms with Crippen LogP contribution >= 0.6 is 11.3 Å². The molecule has 0 saturated carbocycles. The maximum Gasteiger partial charge on any atom is 0.270 e. The Labute approximate surface area is 125 Å². The topological polar surface area (TPSA) is 102 Å². The van der Waals surface area contributed by atoms with Crippen molar-refractivity contribution in [2.24, 2.45) is 5.84 Å². The van der Waals surface area contributed by atoms with Gasteiger partial charge in [0.2, 0.25) is 0 Å². The van der Waals surface area contributed by atoms with Crippen LogP contribution in [0.5, 0.6) is 0 Å². The summed E-state index contributed by atoms with van der Waals surface area (Å²) in [6.45, 7) is 0.426. The maximum atomic E-state index is 12.4. The van der Waals surface area contributed by atoms with Gasteiger partial charge in [-0.2, -0.15) is 11.3 Å². The number of benzene rings is 1. The van der Waals surface area contributed by atoms with Crippen molar-refractivity contribution >= 4 is 28.6 Å². The van der Waals surface area contributed by atoms with Crippen molar-refractivity contribution < 1.29 is 9.72 Å². The van der Waals surface area contributed by atoms with E-state index in [9.17, 15) is 14.9 Å². The summed E-state index contributed by atoms with van der Waals surface area (Å²) in [5.74, 6) is 5.03. The summed E-state index contributed by atoms with van der Waals surface area (Å²) in [4.78, 5) is 24.2. The molecule has 0 bridgehead atoms. The molecule has 7 nitrogen and oxygen atoms in total. The smallest absolute Gasteiger partial charge is 0.270 e. The van der Waals surface area contributed by atoms with E-state index in [-0.39, 0.29) is 17.2 Å². The highest BCUT2D eigenvalue weighted by molar-refractivity contribution is 7.07. The Morgan fingerprint density at radius 3 is 2.81 bits per heavy atom. The van der Waals surface area contributed by atoms with E-state index in [1.54, 1.807) is 18.4 Å². The van der Waals surface area contributed by atoms with Crippen molar-refractivity contribution in [1.29, 1.82) is 0 Å². The number of nitrogens with zero attached hydrogens (tertiary/aromatic N) is 2. The molecule has 1 aromatic carbocycles. The molecule has 0 aliphatic heterocycles. The van der Waals surface area contributed by atoms with E-state index in [1.165, 1.54) is 23.1 Å². The van der Waals surface area contributed by atoms with Crippen LogP contribution in [0.3, 0.4) is 0 Å². The van der Waals surface area contributed by atoms with Crippen LogP contribution in [-0.2, 0) is 6.54 Å². The van der Waals surface area contributed by atoms with Crippen LogP contribution in [0.1, 0.15) is 15.9 Å². The molecule has 2 aromatic rings. The number of nitro benzene ring substituents is 1. The summed E-state index contributed by atoms with van der Waals surface area (Å²) in [6.07, 6.45) is 0. The number of nitrogens with one attached hydrogen (secondary N) is 1. The lowest BCUT2D eigenvalue weighted by Crippen LogP contribution is -2.27. The number of carbonyl (C=O) groups is 1. The van der Waals surface area contributed by atoms with Crippen LogP contribution in [0.25, 0.3) is 0 Å². The molecule has 0 atom stereocenters. The second kappa shape index (κ2) is 6.33. The number of non-ortho nitro benzene ring substituents is 1. The third-order valence-electron chi connectivity index (χ3n) is 2.95. The minimum absolute atomic E-state index is 0.152. The highest BCUT2D eigenvalue weighted by Crippen LogP contribution is 2.23. The van der Waals surface area contributed by atoms with Crippen LogP contribution in [0.4, 0.5) is 11.4 Å². The molecule has 0 aliphatic rings. The summed E-state index contributed by atoms with van der Waals surface area (Å²) in [6, 6.07) is 5.86. The number of hydrogen-bond acceptors (Lipinski definition) is 6. The highest BCUT2D eigenvalue weighted by Gasteiger charge is 2.19. The Balaban J connectivity index is 2.28. The number of thiophene rings is 1. The number of carbonyl (C=O) groups excluding carboxylic acids is 1. The van der Waals surface area contributed by atoms with Gasteiger partial charge in [0.25, 0.3) is 11.6 Å². The first-order valence-electron chi connectivity index (χ1n) is 6.04. The van der Waals surface area contributed by atoms with Gasteiger partial charge in [-0.15, -0.1) is 0 Å². The lowest BCUT2D eigenvalue weighted by atomic mass is 10.1. The zero-order valence-corrected chi connectivity index (χ0v) is 12.1. The number of anilines is 1. The van der Waals surface area contributed by atoms with E-state index in [1.807, 2.05) is 16.8 Å². The van der Waals surface area contributed by atoms with Crippen LogP contribution < -0.4 is 11.3 Å². The van der Waals surface area contributed by atoms with Crippen LogP contribution in [0.15, 0.2) is 35.0 Å². The fraction of sp³-hybridized carbons (Fsp3) is 0.154. The molecule has 2 rings (SSSR count). The Bertz CT molecular complexity index is 657. The lowest BCUT2D eigenvalue weighted by molar-refractivity contribution is -0.384. The molecule has 8 heteroatoms.